The SMILES string of the molecule is CC[C@@H](CCCCNC(=O)COCCOCCNC(=O)COCCOCCNC(=O)CCCC(=O)N[C@@H](CCCCNC(=O)CCc1ccc(O)c([125I])c1)C(=O)NCCCC[C@H](NC)C(N)=O)C(N)=O. The van der Waals surface area contributed by atoms with Gasteiger partial charge in [0.15, 0.2) is 0 Å². The highest BCUT2D eigenvalue weighted by atomic mass is 125. The number of carbonyl (C=O) groups is 8. The number of nitrogens with one attached hydrogen (secondary N) is 7. The average Bonchev–Trinajstić information content (AvgIpc) is 3.32. The largest absolute Gasteiger partial charge is 0.507 e. The molecule has 0 aliphatic heterocycles. The first-order valence-electron chi connectivity index (χ1n) is 24.3. The van der Waals surface area contributed by atoms with E-state index >= 15 is 0 Å². The standard InChI is InChI=1S/C47H80IN9O13/c1-3-35(45(49)64)11-4-7-21-53-43(62)32-69-29-28-68-26-24-55-44(63)33-70-30-27-67-25-23-54-40(59)14-10-15-42(61)57-38(47(66)56-22-9-5-12-37(51-2)46(50)65)13-6-8-20-52-41(60)19-17-34-16-18-39(58)36(48)31-34/h16,18,31,35,37-38,51,58H,3-15,17,19-30,32-33H2,1-2H3,(H2,49,64)(H2,50,65)(H,52,60)(H,53,62)(H,54,59)(H,55,63)(H,56,66)(H,57,61)/t35-,37-,38-/m0/s1/i48-2. The minimum absolute atomic E-state index is 0.0288. The van der Waals surface area contributed by atoms with Gasteiger partial charge in [-0.1, -0.05) is 19.4 Å². The molecule has 0 aliphatic rings. The number of benzene rings is 1. The molecule has 70 heavy (non-hydrogen) atoms. The fourth-order valence-corrected chi connectivity index (χ4v) is 7.29. The number of unbranched alkanes of at least 4 members (excludes halogenated alkanes) is 3. The third-order valence-electron chi connectivity index (χ3n) is 10.8. The van der Waals surface area contributed by atoms with Gasteiger partial charge < -0.3 is 72.7 Å². The molecule has 22 nitrogen and oxygen atoms in total. The van der Waals surface area contributed by atoms with Crippen LogP contribution in [-0.4, -0.2) is 157 Å². The summed E-state index contributed by atoms with van der Waals surface area (Å²) in [6.07, 6.45) is 7.41. The maximum absolute atomic E-state index is 13.1. The van der Waals surface area contributed by atoms with Crippen molar-refractivity contribution in [1.29, 1.82) is 0 Å². The summed E-state index contributed by atoms with van der Waals surface area (Å²) in [5.74, 6) is -2.32. The van der Waals surface area contributed by atoms with Crippen LogP contribution in [-0.2, 0) is 63.7 Å². The second-order valence-electron chi connectivity index (χ2n) is 16.5. The number of hydrogen-bond acceptors (Lipinski definition) is 14. The van der Waals surface area contributed by atoms with E-state index in [0.717, 1.165) is 18.4 Å². The van der Waals surface area contributed by atoms with Gasteiger partial charge in [0.2, 0.25) is 47.3 Å². The number of primary amides is 2. The summed E-state index contributed by atoms with van der Waals surface area (Å²) in [7, 11) is 1.66. The monoisotopic (exact) mass is 1100 g/mol. The molecule has 8 amide bonds. The fraction of sp³-hybridized carbons (Fsp3) is 0.702. The van der Waals surface area contributed by atoms with Crippen molar-refractivity contribution in [3.05, 3.63) is 27.3 Å². The van der Waals surface area contributed by atoms with Crippen LogP contribution in [0.5, 0.6) is 5.75 Å². The van der Waals surface area contributed by atoms with Crippen molar-refractivity contribution < 1.29 is 62.4 Å². The zero-order valence-electron chi connectivity index (χ0n) is 41.1. The van der Waals surface area contributed by atoms with Crippen LogP contribution >= 0.6 is 22.6 Å². The number of amides is 8. The Hall–Kier alpha value is -4.69. The number of nitrogens with two attached hydrogens (primary N) is 2. The fourth-order valence-electron chi connectivity index (χ4n) is 6.71. The van der Waals surface area contributed by atoms with Crippen molar-refractivity contribution in [3.8, 4) is 5.75 Å². The number of phenolic OH excluding ortho intramolecular Hbond substituents is 1. The molecule has 0 unspecified atom stereocenters. The number of likely N-dealkylation sites (N-methyl/N-ethyl adjacent to an activating group) is 1. The number of rotatable bonds is 44. The quantitative estimate of drug-likeness (QED) is 0.0311. The maximum Gasteiger partial charge on any atom is 0.246 e. The van der Waals surface area contributed by atoms with E-state index in [9.17, 15) is 43.5 Å². The minimum atomic E-state index is -0.815. The number of phenols is 1. The Morgan fingerprint density at radius 1 is 0.571 bits per heavy atom. The van der Waals surface area contributed by atoms with Crippen LogP contribution in [0.3, 0.4) is 0 Å². The maximum atomic E-state index is 13.1. The van der Waals surface area contributed by atoms with Crippen LogP contribution < -0.4 is 48.7 Å². The van der Waals surface area contributed by atoms with Gasteiger partial charge in [0.25, 0.3) is 0 Å². The summed E-state index contributed by atoms with van der Waals surface area (Å²) in [6, 6.07) is 3.95. The second-order valence-corrected chi connectivity index (χ2v) is 17.7. The third kappa shape index (κ3) is 33.8. The molecule has 0 heterocycles. The molecule has 0 fully saturated rings. The molecular formula is C47H80IN9O13. The van der Waals surface area contributed by atoms with Crippen LogP contribution in [0.1, 0.15) is 102 Å². The Morgan fingerprint density at radius 2 is 1.07 bits per heavy atom. The van der Waals surface area contributed by atoms with Gasteiger partial charge in [0.1, 0.15) is 25.0 Å². The molecule has 398 valence electrons. The first kappa shape index (κ1) is 63.3. The van der Waals surface area contributed by atoms with Crippen LogP contribution in [0.15, 0.2) is 18.2 Å². The summed E-state index contributed by atoms with van der Waals surface area (Å²) in [5.41, 5.74) is 11.7. The molecule has 0 bridgehead atoms. The van der Waals surface area contributed by atoms with Crippen LogP contribution in [0, 0.1) is 9.49 Å². The number of ether oxygens (including phenoxy) is 4. The zero-order valence-corrected chi connectivity index (χ0v) is 43.3. The minimum Gasteiger partial charge on any atom is -0.507 e. The van der Waals surface area contributed by atoms with E-state index in [2.05, 4.69) is 37.2 Å². The highest BCUT2D eigenvalue weighted by Crippen LogP contribution is 2.21. The summed E-state index contributed by atoms with van der Waals surface area (Å²) in [5, 5.41) is 29.3. The zero-order chi connectivity index (χ0) is 51.8. The van der Waals surface area contributed by atoms with Crippen molar-refractivity contribution in [1.82, 2.24) is 37.2 Å². The number of aromatic hydroxyl groups is 1. The van der Waals surface area contributed by atoms with Crippen LogP contribution in [0.4, 0.5) is 0 Å². The van der Waals surface area contributed by atoms with Gasteiger partial charge in [0.05, 0.1) is 49.3 Å². The first-order chi connectivity index (χ1) is 33.7. The lowest BCUT2D eigenvalue weighted by molar-refractivity contribution is -0.129. The lowest BCUT2D eigenvalue weighted by atomic mass is 9.99. The molecule has 1 aromatic rings. The predicted molar refractivity (Wildman–Crippen MR) is 270 cm³/mol. The Balaban J connectivity index is 2.20. The Morgan fingerprint density at radius 3 is 1.63 bits per heavy atom. The second kappa shape index (κ2) is 41.0. The number of carbonyl (C=O) groups excluding carboxylic acids is 8. The van der Waals surface area contributed by atoms with Crippen molar-refractivity contribution in [2.24, 2.45) is 17.4 Å². The topological polar surface area (TPSA) is 330 Å². The number of aryl methyl sites for hydroxylation is 1. The summed E-state index contributed by atoms with van der Waals surface area (Å²) >= 11 is 2.03. The molecular weight excluding hydrogens is 1020 g/mol. The van der Waals surface area contributed by atoms with Crippen LogP contribution in [0.2, 0.25) is 0 Å². The van der Waals surface area contributed by atoms with E-state index in [1.165, 1.54) is 0 Å². The van der Waals surface area contributed by atoms with Crippen molar-refractivity contribution in [2.75, 3.05) is 92.6 Å². The normalized spacial score (nSPS) is 12.3. The summed E-state index contributed by atoms with van der Waals surface area (Å²) in [6.45, 7) is 4.74. The van der Waals surface area contributed by atoms with Crippen molar-refractivity contribution in [2.45, 2.75) is 115 Å². The van der Waals surface area contributed by atoms with E-state index in [-0.39, 0.29) is 145 Å². The van der Waals surface area contributed by atoms with Gasteiger partial charge >= 0.3 is 0 Å². The molecule has 1 aromatic carbocycles. The molecule has 1 rings (SSSR count). The molecule has 0 saturated heterocycles. The van der Waals surface area contributed by atoms with Gasteiger partial charge in [0, 0.05) is 57.9 Å². The molecule has 0 aliphatic carbocycles. The van der Waals surface area contributed by atoms with Crippen LogP contribution in [0.25, 0.3) is 0 Å². The average molecular weight is 1100 g/mol. The highest BCUT2D eigenvalue weighted by molar-refractivity contribution is 14.1. The smallest absolute Gasteiger partial charge is 0.246 e. The third-order valence-corrected chi connectivity index (χ3v) is 11.7. The van der Waals surface area contributed by atoms with E-state index in [1.807, 2.05) is 35.6 Å². The van der Waals surface area contributed by atoms with E-state index in [1.54, 1.807) is 19.2 Å². The van der Waals surface area contributed by atoms with Gasteiger partial charge in [-0.25, -0.2) is 0 Å². The highest BCUT2D eigenvalue weighted by Gasteiger charge is 2.21. The first-order valence-corrected chi connectivity index (χ1v) is 25.4. The molecule has 0 radical (unpaired) electrons. The number of halogens is 1. The lowest BCUT2D eigenvalue weighted by Crippen LogP contribution is -2.47. The Bertz CT molecular complexity index is 1710. The van der Waals surface area contributed by atoms with Gasteiger partial charge in [-0.15, -0.1) is 0 Å². The van der Waals surface area contributed by atoms with Gasteiger partial charge in [-0.3, -0.25) is 38.4 Å². The van der Waals surface area contributed by atoms with Gasteiger partial charge in [-0.05, 0) is 118 Å². The van der Waals surface area contributed by atoms with E-state index < -0.39 is 18.0 Å². The Labute approximate surface area is 426 Å². The summed E-state index contributed by atoms with van der Waals surface area (Å²) in [4.78, 5) is 97.4. The predicted octanol–water partition coefficient (Wildman–Crippen LogP) is 0.328. The molecule has 23 heteroatoms. The molecule has 0 saturated carbocycles. The van der Waals surface area contributed by atoms with Gasteiger partial charge in [-0.2, -0.15) is 0 Å². The molecule has 0 aromatic heterocycles. The number of hydrogen-bond donors (Lipinski definition) is 10. The summed E-state index contributed by atoms with van der Waals surface area (Å²) < 4.78 is 22.2. The van der Waals surface area contributed by atoms with E-state index in [0.29, 0.717) is 81.0 Å². The van der Waals surface area contributed by atoms with Crippen molar-refractivity contribution >= 4 is 69.8 Å². The molecule has 3 atom stereocenters. The van der Waals surface area contributed by atoms with E-state index in [4.69, 9.17) is 30.4 Å². The lowest BCUT2D eigenvalue weighted by Gasteiger charge is -2.19. The molecule has 12 N–H and O–H groups in total. The van der Waals surface area contributed by atoms with Crippen molar-refractivity contribution in [3.63, 3.8) is 0 Å². The Kier molecular flexibility index (Phi) is 37.1. The molecule has 0 spiro atoms.